The number of ether oxygens (including phenoxy) is 3. The lowest BCUT2D eigenvalue weighted by atomic mass is 9.86. The van der Waals surface area contributed by atoms with Gasteiger partial charge in [0.15, 0.2) is 11.5 Å². The Labute approximate surface area is 158 Å². The van der Waals surface area contributed by atoms with E-state index >= 15 is 0 Å². The molecule has 6 nitrogen and oxygen atoms in total. The summed E-state index contributed by atoms with van der Waals surface area (Å²) in [6.45, 7) is 4.85. The van der Waals surface area contributed by atoms with Gasteiger partial charge in [0.25, 0.3) is 0 Å². The van der Waals surface area contributed by atoms with Gasteiger partial charge in [0.2, 0.25) is 5.72 Å². The second-order valence-electron chi connectivity index (χ2n) is 8.05. The third-order valence-corrected chi connectivity index (χ3v) is 5.70. The molecule has 2 unspecified atom stereocenters. The van der Waals surface area contributed by atoms with Gasteiger partial charge in [-0.15, -0.1) is 0 Å². The SMILES string of the molecule is COc1cccc2c1OC1(CCOC(C)(C)C1)N1N=C(c3ccco3)CC21. The van der Waals surface area contributed by atoms with Gasteiger partial charge in [-0.2, -0.15) is 5.10 Å². The summed E-state index contributed by atoms with van der Waals surface area (Å²) in [5, 5.41) is 7.13. The number of rotatable bonds is 2. The summed E-state index contributed by atoms with van der Waals surface area (Å²) >= 11 is 0. The number of nitrogens with zero attached hydrogens (tertiary/aromatic N) is 2. The first-order valence-electron chi connectivity index (χ1n) is 9.42. The van der Waals surface area contributed by atoms with Crippen molar-refractivity contribution in [2.45, 2.75) is 50.5 Å². The first-order valence-corrected chi connectivity index (χ1v) is 9.42. The molecule has 2 atom stereocenters. The van der Waals surface area contributed by atoms with Gasteiger partial charge >= 0.3 is 0 Å². The quantitative estimate of drug-likeness (QED) is 0.798. The number of hydrogen-bond donors (Lipinski definition) is 0. The van der Waals surface area contributed by atoms with Crippen LogP contribution in [0, 0.1) is 0 Å². The Kier molecular flexibility index (Phi) is 3.56. The highest BCUT2D eigenvalue weighted by molar-refractivity contribution is 5.99. The molecule has 1 saturated heterocycles. The molecule has 3 aliphatic heterocycles. The van der Waals surface area contributed by atoms with Crippen molar-refractivity contribution in [3.05, 3.63) is 47.9 Å². The Morgan fingerprint density at radius 1 is 1.22 bits per heavy atom. The van der Waals surface area contributed by atoms with E-state index in [4.69, 9.17) is 23.7 Å². The zero-order valence-corrected chi connectivity index (χ0v) is 15.9. The van der Waals surface area contributed by atoms with Gasteiger partial charge in [0.1, 0.15) is 11.5 Å². The number of benzene rings is 1. The van der Waals surface area contributed by atoms with E-state index in [2.05, 4.69) is 24.9 Å². The van der Waals surface area contributed by atoms with Gasteiger partial charge in [-0.3, -0.25) is 0 Å². The third-order valence-electron chi connectivity index (χ3n) is 5.70. The standard InChI is InChI=1S/C21H24N2O4/c1-20(2)13-21(9-11-26-20)23-16(12-15(22-23)17-8-5-10-25-17)14-6-4-7-18(24-3)19(14)27-21/h4-8,10,16H,9,11-13H2,1-3H3. The predicted octanol–water partition coefficient (Wildman–Crippen LogP) is 4.12. The average Bonchev–Trinajstić information content (AvgIpc) is 3.30. The highest BCUT2D eigenvalue weighted by Gasteiger charge is 2.55. The summed E-state index contributed by atoms with van der Waals surface area (Å²) in [4.78, 5) is 0. The Balaban J connectivity index is 1.65. The molecule has 2 aromatic rings. The second kappa shape index (κ2) is 5.76. The highest BCUT2D eigenvalue weighted by atomic mass is 16.6. The maximum absolute atomic E-state index is 6.68. The van der Waals surface area contributed by atoms with Crippen LogP contribution >= 0.6 is 0 Å². The van der Waals surface area contributed by atoms with Crippen molar-refractivity contribution < 1.29 is 18.6 Å². The molecule has 1 spiro atoms. The lowest BCUT2D eigenvalue weighted by molar-refractivity contribution is -0.212. The molecule has 27 heavy (non-hydrogen) atoms. The van der Waals surface area contributed by atoms with Crippen molar-refractivity contribution in [2.24, 2.45) is 5.10 Å². The summed E-state index contributed by atoms with van der Waals surface area (Å²) in [5.41, 5.74) is 1.22. The Morgan fingerprint density at radius 3 is 2.85 bits per heavy atom. The minimum absolute atomic E-state index is 0.0952. The van der Waals surface area contributed by atoms with Gasteiger partial charge in [0, 0.05) is 24.8 Å². The predicted molar refractivity (Wildman–Crippen MR) is 100 cm³/mol. The van der Waals surface area contributed by atoms with Gasteiger partial charge < -0.3 is 18.6 Å². The Hall–Kier alpha value is -2.47. The van der Waals surface area contributed by atoms with E-state index in [0.29, 0.717) is 6.61 Å². The number of methoxy groups -OCH3 is 1. The van der Waals surface area contributed by atoms with Crippen LogP contribution in [-0.4, -0.2) is 35.8 Å². The molecule has 4 heterocycles. The zero-order valence-electron chi connectivity index (χ0n) is 15.9. The van der Waals surface area contributed by atoms with Crippen molar-refractivity contribution in [3.8, 4) is 11.5 Å². The van der Waals surface area contributed by atoms with Crippen molar-refractivity contribution in [2.75, 3.05) is 13.7 Å². The maximum Gasteiger partial charge on any atom is 0.203 e. The molecule has 0 aliphatic carbocycles. The molecule has 0 N–H and O–H groups in total. The molecule has 6 heteroatoms. The van der Waals surface area contributed by atoms with Crippen molar-refractivity contribution in [1.29, 1.82) is 0 Å². The van der Waals surface area contributed by atoms with Gasteiger partial charge in [0.05, 0.1) is 31.6 Å². The molecule has 0 saturated carbocycles. The van der Waals surface area contributed by atoms with Crippen LogP contribution in [0.4, 0.5) is 0 Å². The van der Waals surface area contributed by atoms with E-state index in [1.54, 1.807) is 13.4 Å². The van der Waals surface area contributed by atoms with E-state index in [9.17, 15) is 0 Å². The fourth-order valence-corrected chi connectivity index (χ4v) is 4.60. The van der Waals surface area contributed by atoms with Crippen LogP contribution in [0.5, 0.6) is 11.5 Å². The van der Waals surface area contributed by atoms with Crippen molar-refractivity contribution in [1.82, 2.24) is 5.01 Å². The van der Waals surface area contributed by atoms with E-state index in [-0.39, 0.29) is 11.6 Å². The lowest BCUT2D eigenvalue weighted by Gasteiger charge is -2.52. The third kappa shape index (κ3) is 2.54. The molecule has 142 valence electrons. The molecule has 0 bridgehead atoms. The summed E-state index contributed by atoms with van der Waals surface area (Å²) in [7, 11) is 1.69. The zero-order chi connectivity index (χ0) is 18.6. The van der Waals surface area contributed by atoms with Crippen LogP contribution < -0.4 is 9.47 Å². The number of hydrazone groups is 1. The van der Waals surface area contributed by atoms with Crippen molar-refractivity contribution >= 4 is 5.71 Å². The molecule has 1 aromatic carbocycles. The number of hydrogen-bond acceptors (Lipinski definition) is 6. The molecular formula is C21H24N2O4. The fourth-order valence-electron chi connectivity index (χ4n) is 4.60. The fraction of sp³-hybridized carbons (Fsp3) is 0.476. The van der Waals surface area contributed by atoms with Crippen LogP contribution in [-0.2, 0) is 4.74 Å². The maximum atomic E-state index is 6.68. The lowest BCUT2D eigenvalue weighted by Crippen LogP contribution is -2.60. The van der Waals surface area contributed by atoms with Gasteiger partial charge in [-0.05, 0) is 32.0 Å². The second-order valence-corrected chi connectivity index (χ2v) is 8.05. The number of furan rings is 1. The van der Waals surface area contributed by atoms with E-state index in [1.165, 1.54) is 0 Å². The summed E-state index contributed by atoms with van der Waals surface area (Å²) < 4.78 is 23.9. The summed E-state index contributed by atoms with van der Waals surface area (Å²) in [6.07, 6.45) is 3.94. The van der Waals surface area contributed by atoms with Gasteiger partial charge in [-0.1, -0.05) is 12.1 Å². The van der Waals surface area contributed by atoms with E-state index < -0.39 is 5.72 Å². The topological polar surface area (TPSA) is 56.4 Å². The summed E-state index contributed by atoms with van der Waals surface area (Å²) in [6, 6.07) is 10.0. The van der Waals surface area contributed by atoms with Gasteiger partial charge in [-0.25, -0.2) is 5.01 Å². The van der Waals surface area contributed by atoms with Crippen LogP contribution in [0.3, 0.4) is 0 Å². The largest absolute Gasteiger partial charge is 0.493 e. The Morgan fingerprint density at radius 2 is 2.11 bits per heavy atom. The smallest absolute Gasteiger partial charge is 0.203 e. The molecule has 0 amide bonds. The first-order chi connectivity index (χ1) is 13.0. The van der Waals surface area contributed by atoms with Crippen LogP contribution in [0.1, 0.15) is 50.5 Å². The molecule has 3 aliphatic rings. The molecule has 5 rings (SSSR count). The average molecular weight is 368 g/mol. The molecule has 1 aromatic heterocycles. The number of para-hydroxylation sites is 1. The normalized spacial score (nSPS) is 28.3. The Bertz CT molecular complexity index is 890. The van der Waals surface area contributed by atoms with E-state index in [0.717, 1.165) is 47.8 Å². The summed E-state index contributed by atoms with van der Waals surface area (Å²) in [5.74, 6) is 2.41. The highest BCUT2D eigenvalue weighted by Crippen LogP contribution is 2.54. The molecular weight excluding hydrogens is 344 g/mol. The minimum atomic E-state index is -0.553. The number of fused-ring (bicyclic) bond motifs is 4. The first kappa shape index (κ1) is 16.7. The van der Waals surface area contributed by atoms with Crippen LogP contribution in [0.2, 0.25) is 0 Å². The van der Waals surface area contributed by atoms with Crippen LogP contribution in [0.25, 0.3) is 0 Å². The monoisotopic (exact) mass is 368 g/mol. The molecule has 1 fully saturated rings. The van der Waals surface area contributed by atoms with E-state index in [1.807, 2.05) is 24.3 Å². The van der Waals surface area contributed by atoms with Crippen molar-refractivity contribution in [3.63, 3.8) is 0 Å². The van der Waals surface area contributed by atoms with Crippen LogP contribution in [0.15, 0.2) is 46.1 Å². The minimum Gasteiger partial charge on any atom is -0.493 e. The molecule has 0 radical (unpaired) electrons.